The van der Waals surface area contributed by atoms with E-state index < -0.39 is 0 Å². The molecule has 0 aliphatic rings. The van der Waals surface area contributed by atoms with Crippen LogP contribution in [0.3, 0.4) is 0 Å². The zero-order valence-electron chi connectivity index (χ0n) is 9.43. The van der Waals surface area contributed by atoms with E-state index in [0.29, 0.717) is 11.3 Å². The van der Waals surface area contributed by atoms with E-state index in [-0.39, 0.29) is 5.78 Å². The van der Waals surface area contributed by atoms with Crippen LogP contribution in [0.5, 0.6) is 0 Å². The Balaban J connectivity index is 2.23. The minimum Gasteiger partial charge on any atom is -0.398 e. The summed E-state index contributed by atoms with van der Waals surface area (Å²) in [4.78, 5) is 12.2. The van der Waals surface area contributed by atoms with E-state index in [9.17, 15) is 4.79 Å². The van der Waals surface area contributed by atoms with Crippen LogP contribution >= 0.6 is 23.1 Å². The number of Topliss-reactive ketones (excluding diaryl/α,β-unsaturated/α-hetero) is 1. The van der Waals surface area contributed by atoms with Crippen molar-refractivity contribution in [1.82, 2.24) is 10.2 Å². The van der Waals surface area contributed by atoms with Crippen molar-refractivity contribution >= 4 is 34.6 Å². The van der Waals surface area contributed by atoms with Gasteiger partial charge in [-0.15, -0.1) is 10.2 Å². The fourth-order valence-electron chi connectivity index (χ4n) is 1.35. The number of benzene rings is 1. The van der Waals surface area contributed by atoms with Gasteiger partial charge in [0.2, 0.25) is 0 Å². The second-order valence-corrected chi connectivity index (χ2v) is 6.00. The van der Waals surface area contributed by atoms with Crippen LogP contribution in [0.1, 0.15) is 22.3 Å². The molecule has 0 atom stereocenters. The molecule has 0 aliphatic carbocycles. The predicted octanol–water partition coefficient (Wildman–Crippen LogP) is 2.78. The Kier molecular flexibility index (Phi) is 3.44. The van der Waals surface area contributed by atoms with E-state index in [1.807, 2.05) is 13.0 Å². The normalized spacial score (nSPS) is 10.5. The molecular formula is C11H11N3OS2. The third-order valence-electron chi connectivity index (χ3n) is 2.11. The SMILES string of the molecule is CC(=O)c1ccc(Sc2nnc(C)s2)cc1N. The van der Waals surface area contributed by atoms with Crippen LogP contribution < -0.4 is 5.73 Å². The minimum atomic E-state index is -0.0224. The fraction of sp³-hybridized carbons (Fsp3) is 0.182. The first-order chi connectivity index (χ1) is 8.06. The first-order valence-electron chi connectivity index (χ1n) is 4.94. The molecule has 0 saturated carbocycles. The maximum Gasteiger partial charge on any atom is 0.179 e. The summed E-state index contributed by atoms with van der Waals surface area (Å²) in [5, 5.41) is 8.90. The van der Waals surface area contributed by atoms with Crippen LogP contribution in [0.2, 0.25) is 0 Å². The molecule has 6 heteroatoms. The van der Waals surface area contributed by atoms with Gasteiger partial charge >= 0.3 is 0 Å². The molecule has 4 nitrogen and oxygen atoms in total. The van der Waals surface area contributed by atoms with Crippen molar-refractivity contribution in [2.45, 2.75) is 23.1 Å². The third kappa shape index (κ3) is 2.83. The highest BCUT2D eigenvalue weighted by molar-refractivity contribution is 8.01. The Labute approximate surface area is 107 Å². The smallest absolute Gasteiger partial charge is 0.179 e. The molecule has 2 aromatic rings. The summed E-state index contributed by atoms with van der Waals surface area (Å²) in [5.41, 5.74) is 6.88. The average Bonchev–Trinajstić information content (AvgIpc) is 2.63. The Morgan fingerprint density at radius 1 is 1.41 bits per heavy atom. The van der Waals surface area contributed by atoms with Crippen LogP contribution in [0.15, 0.2) is 27.4 Å². The number of rotatable bonds is 3. The van der Waals surface area contributed by atoms with Gasteiger partial charge in [-0.05, 0) is 32.0 Å². The zero-order valence-corrected chi connectivity index (χ0v) is 11.1. The summed E-state index contributed by atoms with van der Waals surface area (Å²) >= 11 is 3.03. The Morgan fingerprint density at radius 2 is 2.18 bits per heavy atom. The van der Waals surface area contributed by atoms with Gasteiger partial charge in [-0.25, -0.2) is 0 Å². The second-order valence-electron chi connectivity index (χ2n) is 3.49. The lowest BCUT2D eigenvalue weighted by Crippen LogP contribution is -1.99. The molecule has 2 N–H and O–H groups in total. The molecule has 0 spiro atoms. The Bertz CT molecular complexity index is 566. The number of ketones is 1. The number of carbonyl (C=O) groups is 1. The minimum absolute atomic E-state index is 0.0224. The van der Waals surface area contributed by atoms with Crippen LogP contribution in [0.4, 0.5) is 5.69 Å². The molecule has 0 saturated heterocycles. The largest absolute Gasteiger partial charge is 0.398 e. The van der Waals surface area contributed by atoms with E-state index in [4.69, 9.17) is 5.73 Å². The molecule has 1 aromatic heterocycles. The molecule has 0 radical (unpaired) electrons. The molecule has 0 bridgehead atoms. The molecular weight excluding hydrogens is 254 g/mol. The van der Waals surface area contributed by atoms with Crippen molar-refractivity contribution in [2.24, 2.45) is 0 Å². The maximum atomic E-state index is 11.2. The highest BCUT2D eigenvalue weighted by Gasteiger charge is 2.08. The van der Waals surface area contributed by atoms with Gasteiger partial charge in [-0.3, -0.25) is 4.79 Å². The molecule has 1 heterocycles. The molecule has 2 rings (SSSR count). The topological polar surface area (TPSA) is 68.9 Å². The zero-order chi connectivity index (χ0) is 12.4. The van der Waals surface area contributed by atoms with E-state index >= 15 is 0 Å². The van der Waals surface area contributed by atoms with Crippen molar-refractivity contribution in [3.8, 4) is 0 Å². The second kappa shape index (κ2) is 4.85. The number of carbonyl (C=O) groups excluding carboxylic acids is 1. The van der Waals surface area contributed by atoms with Crippen molar-refractivity contribution in [3.05, 3.63) is 28.8 Å². The number of hydrogen-bond donors (Lipinski definition) is 1. The van der Waals surface area contributed by atoms with E-state index in [1.165, 1.54) is 30.0 Å². The van der Waals surface area contributed by atoms with Crippen LogP contribution in [-0.4, -0.2) is 16.0 Å². The molecule has 0 fully saturated rings. The molecule has 17 heavy (non-hydrogen) atoms. The van der Waals surface area contributed by atoms with Crippen LogP contribution in [0, 0.1) is 6.92 Å². The molecule has 0 aliphatic heterocycles. The number of nitrogens with two attached hydrogens (primary N) is 1. The predicted molar refractivity (Wildman–Crippen MR) is 69.6 cm³/mol. The average molecular weight is 265 g/mol. The molecule has 1 aromatic carbocycles. The van der Waals surface area contributed by atoms with Gasteiger partial charge in [0, 0.05) is 16.1 Å². The highest BCUT2D eigenvalue weighted by Crippen LogP contribution is 2.31. The quantitative estimate of drug-likeness (QED) is 0.682. The van der Waals surface area contributed by atoms with Gasteiger partial charge in [0.15, 0.2) is 10.1 Å². The Hall–Kier alpha value is -1.40. The number of nitrogens with zero attached hydrogens (tertiary/aromatic N) is 2. The lowest BCUT2D eigenvalue weighted by Gasteiger charge is -2.03. The number of anilines is 1. The van der Waals surface area contributed by atoms with Crippen molar-refractivity contribution in [2.75, 3.05) is 5.73 Å². The number of aryl methyl sites for hydroxylation is 1. The first-order valence-corrected chi connectivity index (χ1v) is 6.58. The molecule has 88 valence electrons. The van der Waals surface area contributed by atoms with Crippen molar-refractivity contribution in [3.63, 3.8) is 0 Å². The lowest BCUT2D eigenvalue weighted by molar-refractivity contribution is 0.101. The standard InChI is InChI=1S/C11H11N3OS2/c1-6(15)9-4-3-8(5-10(9)12)17-11-14-13-7(2)16-11/h3-5H,12H2,1-2H3. The number of aromatic nitrogens is 2. The monoisotopic (exact) mass is 265 g/mol. The lowest BCUT2D eigenvalue weighted by atomic mass is 10.1. The highest BCUT2D eigenvalue weighted by atomic mass is 32.2. The van der Waals surface area contributed by atoms with E-state index in [0.717, 1.165) is 14.2 Å². The van der Waals surface area contributed by atoms with Crippen molar-refractivity contribution < 1.29 is 4.79 Å². The van der Waals surface area contributed by atoms with Crippen LogP contribution in [-0.2, 0) is 0 Å². The summed E-state index contributed by atoms with van der Waals surface area (Å²) in [6, 6.07) is 5.40. The van der Waals surface area contributed by atoms with Gasteiger partial charge in [-0.2, -0.15) is 0 Å². The Morgan fingerprint density at radius 3 is 2.71 bits per heavy atom. The fourth-order valence-corrected chi connectivity index (χ4v) is 3.18. The third-order valence-corrected chi connectivity index (χ3v) is 3.99. The van der Waals surface area contributed by atoms with Crippen LogP contribution in [0.25, 0.3) is 0 Å². The summed E-state index contributed by atoms with van der Waals surface area (Å²) < 4.78 is 0.873. The van der Waals surface area contributed by atoms with Gasteiger partial charge in [-0.1, -0.05) is 23.1 Å². The van der Waals surface area contributed by atoms with E-state index in [2.05, 4.69) is 10.2 Å². The first kappa shape index (κ1) is 12.1. The molecule has 0 amide bonds. The number of nitrogen functional groups attached to an aromatic ring is 1. The summed E-state index contributed by atoms with van der Waals surface area (Å²) in [6.07, 6.45) is 0. The van der Waals surface area contributed by atoms with Gasteiger partial charge in [0.25, 0.3) is 0 Å². The van der Waals surface area contributed by atoms with Gasteiger partial charge in [0.1, 0.15) is 5.01 Å². The summed E-state index contributed by atoms with van der Waals surface area (Å²) in [6.45, 7) is 3.42. The van der Waals surface area contributed by atoms with E-state index in [1.54, 1.807) is 12.1 Å². The summed E-state index contributed by atoms with van der Waals surface area (Å²) in [5.74, 6) is -0.0224. The number of hydrogen-bond acceptors (Lipinski definition) is 6. The maximum absolute atomic E-state index is 11.2. The van der Waals surface area contributed by atoms with Gasteiger partial charge in [0.05, 0.1) is 0 Å². The summed E-state index contributed by atoms with van der Waals surface area (Å²) in [7, 11) is 0. The van der Waals surface area contributed by atoms with Crippen molar-refractivity contribution in [1.29, 1.82) is 0 Å². The van der Waals surface area contributed by atoms with Gasteiger partial charge < -0.3 is 5.73 Å². The molecule has 0 unspecified atom stereocenters.